The van der Waals surface area contributed by atoms with E-state index < -0.39 is 0 Å². The number of hydrogen-bond acceptors (Lipinski definition) is 5. The highest BCUT2D eigenvalue weighted by molar-refractivity contribution is 5.89. The highest BCUT2D eigenvalue weighted by Gasteiger charge is 2.23. The molecule has 0 aliphatic carbocycles. The molecule has 1 atom stereocenters. The molecule has 140 valence electrons. The SMILES string of the molecule is Fc1cccc(C(CNc2ncnc3c(F)cccc23)N2CCOCC2)c1. The zero-order valence-electron chi connectivity index (χ0n) is 14.7. The van der Waals surface area contributed by atoms with Crippen molar-refractivity contribution in [1.82, 2.24) is 14.9 Å². The third kappa shape index (κ3) is 3.89. The molecule has 27 heavy (non-hydrogen) atoms. The summed E-state index contributed by atoms with van der Waals surface area (Å²) < 4.78 is 33.2. The zero-order valence-corrected chi connectivity index (χ0v) is 14.7. The molecule has 3 aromatic rings. The van der Waals surface area contributed by atoms with Crippen LogP contribution in [0.15, 0.2) is 48.8 Å². The van der Waals surface area contributed by atoms with Gasteiger partial charge < -0.3 is 10.1 Å². The minimum absolute atomic E-state index is 0.0526. The zero-order chi connectivity index (χ0) is 18.6. The highest BCUT2D eigenvalue weighted by Crippen LogP contribution is 2.26. The van der Waals surface area contributed by atoms with Gasteiger partial charge in [-0.2, -0.15) is 0 Å². The Kier molecular flexibility index (Phi) is 5.22. The molecule has 7 heteroatoms. The van der Waals surface area contributed by atoms with Crippen LogP contribution in [0.2, 0.25) is 0 Å². The van der Waals surface area contributed by atoms with Gasteiger partial charge >= 0.3 is 0 Å². The van der Waals surface area contributed by atoms with Crippen molar-refractivity contribution in [2.75, 3.05) is 38.2 Å². The monoisotopic (exact) mass is 370 g/mol. The first-order valence-corrected chi connectivity index (χ1v) is 8.93. The van der Waals surface area contributed by atoms with Gasteiger partial charge in [0.2, 0.25) is 0 Å². The third-order valence-electron chi connectivity index (χ3n) is 4.80. The van der Waals surface area contributed by atoms with E-state index in [2.05, 4.69) is 20.2 Å². The molecule has 0 spiro atoms. The van der Waals surface area contributed by atoms with Crippen LogP contribution < -0.4 is 5.32 Å². The summed E-state index contributed by atoms with van der Waals surface area (Å²) in [7, 11) is 0. The van der Waals surface area contributed by atoms with Crippen molar-refractivity contribution < 1.29 is 13.5 Å². The second kappa shape index (κ2) is 7.94. The standard InChI is InChI=1S/C20H20F2N4O/c21-15-4-1-3-14(11-15)18(26-7-9-27-10-8-26)12-23-20-16-5-2-6-17(22)19(16)24-13-25-20/h1-6,11,13,18H,7-10,12H2,(H,23,24,25). The Balaban J connectivity index is 1.61. The Morgan fingerprint density at radius 1 is 1.07 bits per heavy atom. The lowest BCUT2D eigenvalue weighted by atomic mass is 10.0. The molecule has 4 rings (SSSR count). The van der Waals surface area contributed by atoms with Crippen LogP contribution in [-0.2, 0) is 4.74 Å². The molecule has 5 nitrogen and oxygen atoms in total. The second-order valence-corrected chi connectivity index (χ2v) is 6.46. The van der Waals surface area contributed by atoms with Gasteiger partial charge in [0.15, 0.2) is 0 Å². The van der Waals surface area contributed by atoms with Crippen LogP contribution in [0.4, 0.5) is 14.6 Å². The number of benzene rings is 2. The summed E-state index contributed by atoms with van der Waals surface area (Å²) in [6.45, 7) is 3.33. The number of nitrogens with one attached hydrogen (secondary N) is 1. The molecule has 0 radical (unpaired) electrons. The predicted molar refractivity (Wildman–Crippen MR) is 99.5 cm³/mol. The van der Waals surface area contributed by atoms with Crippen molar-refractivity contribution >= 4 is 16.7 Å². The summed E-state index contributed by atoms with van der Waals surface area (Å²) >= 11 is 0. The lowest BCUT2D eigenvalue weighted by molar-refractivity contribution is 0.0186. The van der Waals surface area contributed by atoms with E-state index in [4.69, 9.17) is 4.74 Å². The van der Waals surface area contributed by atoms with Gasteiger partial charge in [0.05, 0.1) is 19.3 Å². The Labute approximate surface area is 156 Å². The Morgan fingerprint density at radius 3 is 2.70 bits per heavy atom. The maximum absolute atomic E-state index is 14.0. The molecule has 1 aromatic heterocycles. The Morgan fingerprint density at radius 2 is 1.89 bits per heavy atom. The molecule has 1 unspecified atom stereocenters. The van der Waals surface area contributed by atoms with Crippen molar-refractivity contribution in [2.24, 2.45) is 0 Å². The van der Waals surface area contributed by atoms with E-state index in [0.717, 1.165) is 18.7 Å². The highest BCUT2D eigenvalue weighted by atomic mass is 19.1. The van der Waals surface area contributed by atoms with Crippen molar-refractivity contribution in [3.63, 3.8) is 0 Å². The molecule has 1 saturated heterocycles. The maximum Gasteiger partial charge on any atom is 0.149 e. The van der Waals surface area contributed by atoms with E-state index in [1.54, 1.807) is 24.3 Å². The van der Waals surface area contributed by atoms with Gasteiger partial charge in [0.1, 0.15) is 29.3 Å². The van der Waals surface area contributed by atoms with Crippen LogP contribution in [-0.4, -0.2) is 47.7 Å². The quantitative estimate of drug-likeness (QED) is 0.746. The summed E-state index contributed by atoms with van der Waals surface area (Å²) in [6.07, 6.45) is 1.35. The normalized spacial score (nSPS) is 16.4. The van der Waals surface area contributed by atoms with E-state index in [9.17, 15) is 8.78 Å². The van der Waals surface area contributed by atoms with Crippen LogP contribution in [0.1, 0.15) is 11.6 Å². The number of halogens is 2. The first-order valence-electron chi connectivity index (χ1n) is 8.93. The third-order valence-corrected chi connectivity index (χ3v) is 4.80. The number of ether oxygens (including phenoxy) is 1. The maximum atomic E-state index is 14.0. The lowest BCUT2D eigenvalue weighted by Gasteiger charge is -2.35. The van der Waals surface area contributed by atoms with Gasteiger partial charge in [-0.1, -0.05) is 18.2 Å². The predicted octanol–water partition coefficient (Wildman–Crippen LogP) is 3.39. The first kappa shape index (κ1) is 17.8. The minimum Gasteiger partial charge on any atom is -0.379 e. The first-order chi connectivity index (χ1) is 13.2. The Bertz CT molecular complexity index is 931. The summed E-state index contributed by atoms with van der Waals surface area (Å²) in [5.41, 5.74) is 1.16. The number of nitrogens with zero attached hydrogens (tertiary/aromatic N) is 3. The number of hydrogen-bond donors (Lipinski definition) is 1. The van der Waals surface area contributed by atoms with Crippen molar-refractivity contribution in [1.29, 1.82) is 0 Å². The second-order valence-electron chi connectivity index (χ2n) is 6.46. The fourth-order valence-electron chi connectivity index (χ4n) is 3.45. The van der Waals surface area contributed by atoms with E-state index in [-0.39, 0.29) is 23.2 Å². The van der Waals surface area contributed by atoms with E-state index in [0.29, 0.717) is 31.0 Å². The summed E-state index contributed by atoms with van der Waals surface area (Å²) in [4.78, 5) is 10.6. The lowest BCUT2D eigenvalue weighted by Crippen LogP contribution is -2.41. The van der Waals surface area contributed by atoms with Gasteiger partial charge in [-0.05, 0) is 29.8 Å². The minimum atomic E-state index is -0.382. The molecule has 0 amide bonds. The topological polar surface area (TPSA) is 50.3 Å². The summed E-state index contributed by atoms with van der Waals surface area (Å²) in [5, 5.41) is 3.93. The van der Waals surface area contributed by atoms with E-state index in [1.165, 1.54) is 18.5 Å². The molecule has 1 fully saturated rings. The number of rotatable bonds is 5. The fraction of sp³-hybridized carbons (Fsp3) is 0.300. The number of aromatic nitrogens is 2. The Hall–Kier alpha value is -2.64. The largest absolute Gasteiger partial charge is 0.379 e. The molecule has 2 aromatic carbocycles. The van der Waals surface area contributed by atoms with Crippen LogP contribution in [0.3, 0.4) is 0 Å². The molecule has 1 N–H and O–H groups in total. The molecule has 0 bridgehead atoms. The summed E-state index contributed by atoms with van der Waals surface area (Å²) in [6, 6.07) is 11.4. The average molecular weight is 370 g/mol. The van der Waals surface area contributed by atoms with E-state index >= 15 is 0 Å². The van der Waals surface area contributed by atoms with Gasteiger partial charge in [0, 0.05) is 25.0 Å². The van der Waals surface area contributed by atoms with Gasteiger partial charge in [-0.3, -0.25) is 4.90 Å². The summed E-state index contributed by atoms with van der Waals surface area (Å²) in [5.74, 6) is -0.0812. The fourth-order valence-corrected chi connectivity index (χ4v) is 3.45. The number of anilines is 1. The van der Waals surface area contributed by atoms with Gasteiger partial charge in [-0.15, -0.1) is 0 Å². The van der Waals surface area contributed by atoms with Crippen LogP contribution in [0.25, 0.3) is 10.9 Å². The molecule has 1 aliphatic rings. The van der Waals surface area contributed by atoms with Crippen molar-refractivity contribution in [3.05, 3.63) is 66.0 Å². The van der Waals surface area contributed by atoms with Crippen LogP contribution >= 0.6 is 0 Å². The van der Waals surface area contributed by atoms with Crippen LogP contribution in [0, 0.1) is 11.6 Å². The number of fused-ring (bicyclic) bond motifs is 1. The molecular weight excluding hydrogens is 350 g/mol. The van der Waals surface area contributed by atoms with Crippen LogP contribution in [0.5, 0.6) is 0 Å². The van der Waals surface area contributed by atoms with Crippen molar-refractivity contribution in [2.45, 2.75) is 6.04 Å². The van der Waals surface area contributed by atoms with E-state index in [1.807, 2.05) is 6.07 Å². The van der Waals surface area contributed by atoms with Gasteiger partial charge in [-0.25, -0.2) is 18.7 Å². The van der Waals surface area contributed by atoms with Crippen molar-refractivity contribution in [3.8, 4) is 0 Å². The molecule has 0 saturated carbocycles. The average Bonchev–Trinajstić information content (AvgIpc) is 2.70. The number of morpholine rings is 1. The smallest absolute Gasteiger partial charge is 0.149 e. The van der Waals surface area contributed by atoms with Gasteiger partial charge in [0.25, 0.3) is 0 Å². The number of para-hydroxylation sites is 1. The molecule has 2 heterocycles. The molecule has 1 aliphatic heterocycles. The molecular formula is C20H20F2N4O.